The highest BCUT2D eigenvalue weighted by molar-refractivity contribution is 9.10. The summed E-state index contributed by atoms with van der Waals surface area (Å²) in [6.45, 7) is 1.82. The van der Waals surface area contributed by atoms with Crippen LogP contribution in [0.25, 0.3) is 0 Å². The predicted molar refractivity (Wildman–Crippen MR) is 74.4 cm³/mol. The first kappa shape index (κ1) is 15.4. The Morgan fingerprint density at radius 3 is 2.83 bits per heavy atom. The van der Waals surface area contributed by atoms with E-state index in [9.17, 15) is 8.42 Å². The molecule has 1 rings (SSSR count). The van der Waals surface area contributed by atoms with Crippen molar-refractivity contribution < 1.29 is 13.6 Å². The van der Waals surface area contributed by atoms with Gasteiger partial charge < -0.3 is 10.9 Å². The molecule has 18 heavy (non-hydrogen) atoms. The lowest BCUT2D eigenvalue weighted by Gasteiger charge is -2.15. The van der Waals surface area contributed by atoms with E-state index in [2.05, 4.69) is 25.8 Å². The van der Waals surface area contributed by atoms with Gasteiger partial charge >= 0.3 is 0 Å². The number of hydrogen-bond acceptors (Lipinski definition) is 5. The second-order valence-electron chi connectivity index (χ2n) is 3.58. The topological polar surface area (TPSA) is 105 Å². The van der Waals surface area contributed by atoms with Crippen LogP contribution in [-0.2, 0) is 10.0 Å². The van der Waals surface area contributed by atoms with Crippen molar-refractivity contribution in [2.24, 2.45) is 10.9 Å². The van der Waals surface area contributed by atoms with Crippen molar-refractivity contribution >= 4 is 43.1 Å². The minimum absolute atomic E-state index is 0.00482. The number of halogens is 1. The van der Waals surface area contributed by atoms with E-state index < -0.39 is 16.1 Å². The van der Waals surface area contributed by atoms with Crippen molar-refractivity contribution in [3.63, 3.8) is 0 Å². The fourth-order valence-corrected chi connectivity index (χ4v) is 4.98. The summed E-state index contributed by atoms with van der Waals surface area (Å²) < 4.78 is 27.4. The summed E-state index contributed by atoms with van der Waals surface area (Å²) in [6, 6.07) is 1.27. The van der Waals surface area contributed by atoms with Gasteiger partial charge in [-0.15, -0.1) is 11.3 Å². The molecular formula is C9H14BrN3O3S2. The Hall–Kier alpha value is -0.640. The van der Waals surface area contributed by atoms with E-state index >= 15 is 0 Å². The molecule has 0 aliphatic rings. The Labute approximate surface area is 118 Å². The highest BCUT2D eigenvalue weighted by atomic mass is 79.9. The number of nitrogens with zero attached hydrogens (tertiary/aromatic N) is 1. The molecule has 1 atom stereocenters. The molecule has 0 amide bonds. The minimum Gasteiger partial charge on any atom is -0.409 e. The van der Waals surface area contributed by atoms with Crippen molar-refractivity contribution in [2.45, 2.75) is 30.0 Å². The molecule has 0 bridgehead atoms. The van der Waals surface area contributed by atoms with Crippen LogP contribution in [-0.4, -0.2) is 25.5 Å². The van der Waals surface area contributed by atoms with Gasteiger partial charge in [0.1, 0.15) is 10.0 Å². The van der Waals surface area contributed by atoms with E-state index in [1.54, 1.807) is 11.4 Å². The Balaban J connectivity index is 2.85. The fraction of sp³-hybridized carbons (Fsp3) is 0.444. The maximum absolute atomic E-state index is 12.1. The second-order valence-corrected chi connectivity index (χ2v) is 7.26. The zero-order valence-corrected chi connectivity index (χ0v) is 12.8. The molecule has 0 spiro atoms. The lowest BCUT2D eigenvalue weighted by atomic mass is 10.1. The van der Waals surface area contributed by atoms with Gasteiger partial charge in [0.25, 0.3) is 10.0 Å². The fourth-order valence-electron chi connectivity index (χ4n) is 1.31. The Bertz CT molecular complexity index is 527. The SMILES string of the molecule is CCC(CC(N)=NO)NS(=O)(=O)c1sccc1Br. The van der Waals surface area contributed by atoms with E-state index in [0.717, 1.165) is 11.3 Å². The van der Waals surface area contributed by atoms with Gasteiger partial charge in [0.15, 0.2) is 0 Å². The first-order valence-electron chi connectivity index (χ1n) is 5.12. The third-order valence-electron chi connectivity index (χ3n) is 2.23. The van der Waals surface area contributed by atoms with Crippen LogP contribution in [0.1, 0.15) is 19.8 Å². The summed E-state index contributed by atoms with van der Waals surface area (Å²) in [5, 5.41) is 13.0. The highest BCUT2D eigenvalue weighted by Crippen LogP contribution is 2.27. The van der Waals surface area contributed by atoms with Crippen molar-refractivity contribution in [3.8, 4) is 0 Å². The van der Waals surface area contributed by atoms with Crippen LogP contribution in [0.4, 0.5) is 0 Å². The normalized spacial score (nSPS) is 14.7. The number of thiophene rings is 1. The Morgan fingerprint density at radius 2 is 2.39 bits per heavy atom. The van der Waals surface area contributed by atoms with Crippen LogP contribution in [0.5, 0.6) is 0 Å². The molecule has 4 N–H and O–H groups in total. The van der Waals surface area contributed by atoms with Gasteiger partial charge in [-0.1, -0.05) is 12.1 Å². The van der Waals surface area contributed by atoms with Gasteiger partial charge in [-0.05, 0) is 33.8 Å². The maximum atomic E-state index is 12.1. The van der Waals surface area contributed by atoms with E-state index in [-0.39, 0.29) is 16.5 Å². The largest absolute Gasteiger partial charge is 0.409 e. The molecule has 1 aromatic heterocycles. The molecule has 0 fully saturated rings. The molecule has 0 aromatic carbocycles. The van der Waals surface area contributed by atoms with Crippen molar-refractivity contribution in [3.05, 3.63) is 15.9 Å². The van der Waals surface area contributed by atoms with Crippen LogP contribution in [0.2, 0.25) is 0 Å². The van der Waals surface area contributed by atoms with Gasteiger partial charge in [0, 0.05) is 16.9 Å². The number of amidine groups is 1. The lowest BCUT2D eigenvalue weighted by molar-refractivity contribution is 0.316. The van der Waals surface area contributed by atoms with E-state index in [0.29, 0.717) is 10.9 Å². The number of rotatable bonds is 6. The molecular weight excluding hydrogens is 342 g/mol. The van der Waals surface area contributed by atoms with Gasteiger partial charge in [0.2, 0.25) is 0 Å². The van der Waals surface area contributed by atoms with Crippen LogP contribution in [0, 0.1) is 0 Å². The van der Waals surface area contributed by atoms with Crippen LogP contribution in [0.3, 0.4) is 0 Å². The molecule has 6 nitrogen and oxygen atoms in total. The number of nitrogens with one attached hydrogen (secondary N) is 1. The smallest absolute Gasteiger partial charge is 0.251 e. The number of oxime groups is 1. The van der Waals surface area contributed by atoms with Gasteiger partial charge in [0.05, 0.1) is 0 Å². The standard InChI is InChI=1S/C9H14BrN3O3S2/c1-2-6(5-8(11)12-14)13-18(15,16)9-7(10)3-4-17-9/h3-4,6,13-14H,2,5H2,1H3,(H2,11,12). The molecule has 102 valence electrons. The third kappa shape index (κ3) is 3.94. The third-order valence-corrected chi connectivity index (χ3v) is 6.42. The first-order chi connectivity index (χ1) is 8.40. The molecule has 0 saturated carbocycles. The number of sulfonamides is 1. The molecule has 9 heteroatoms. The summed E-state index contributed by atoms with van der Waals surface area (Å²) in [6.07, 6.45) is 0.702. The molecule has 0 radical (unpaired) electrons. The molecule has 0 saturated heterocycles. The van der Waals surface area contributed by atoms with Crippen LogP contribution < -0.4 is 10.5 Å². The predicted octanol–water partition coefficient (Wildman–Crippen LogP) is 1.70. The maximum Gasteiger partial charge on any atom is 0.251 e. The quantitative estimate of drug-likeness (QED) is 0.312. The summed E-state index contributed by atoms with van der Waals surface area (Å²) >= 11 is 4.31. The monoisotopic (exact) mass is 355 g/mol. The number of hydrogen-bond donors (Lipinski definition) is 3. The second kappa shape index (κ2) is 6.50. The Morgan fingerprint density at radius 1 is 1.72 bits per heavy atom. The summed E-state index contributed by atoms with van der Waals surface area (Å²) in [5.74, 6) is -0.00482. The molecule has 0 aliphatic heterocycles. The molecule has 1 unspecified atom stereocenters. The molecule has 0 aliphatic carbocycles. The van der Waals surface area contributed by atoms with Gasteiger partial charge in [-0.25, -0.2) is 13.1 Å². The van der Waals surface area contributed by atoms with Crippen LogP contribution in [0.15, 0.2) is 25.3 Å². The summed E-state index contributed by atoms with van der Waals surface area (Å²) in [5.41, 5.74) is 5.38. The highest BCUT2D eigenvalue weighted by Gasteiger charge is 2.23. The average molecular weight is 356 g/mol. The minimum atomic E-state index is -3.58. The van der Waals surface area contributed by atoms with Crippen molar-refractivity contribution in [2.75, 3.05) is 0 Å². The van der Waals surface area contributed by atoms with Crippen LogP contribution >= 0.6 is 27.3 Å². The Kier molecular flexibility index (Phi) is 5.57. The van der Waals surface area contributed by atoms with Gasteiger partial charge in [-0.2, -0.15) is 0 Å². The lowest BCUT2D eigenvalue weighted by Crippen LogP contribution is -2.37. The molecule has 1 aromatic rings. The zero-order valence-electron chi connectivity index (χ0n) is 9.63. The van der Waals surface area contributed by atoms with Crippen molar-refractivity contribution in [1.82, 2.24) is 4.72 Å². The summed E-state index contributed by atoms with van der Waals surface area (Å²) in [7, 11) is -3.58. The summed E-state index contributed by atoms with van der Waals surface area (Å²) in [4.78, 5) is 0. The van der Waals surface area contributed by atoms with Crippen molar-refractivity contribution in [1.29, 1.82) is 0 Å². The van der Waals surface area contributed by atoms with E-state index in [1.165, 1.54) is 0 Å². The number of nitrogens with two attached hydrogens (primary N) is 1. The van der Waals surface area contributed by atoms with Gasteiger partial charge in [-0.3, -0.25) is 0 Å². The molecule has 1 heterocycles. The van der Waals surface area contributed by atoms with E-state index in [1.807, 2.05) is 6.92 Å². The zero-order chi connectivity index (χ0) is 13.8. The average Bonchev–Trinajstić information content (AvgIpc) is 2.74. The first-order valence-corrected chi connectivity index (χ1v) is 8.28. The van der Waals surface area contributed by atoms with E-state index in [4.69, 9.17) is 10.9 Å².